The number of hydrogen-bond donors (Lipinski definition) is 3. The van der Waals surface area contributed by atoms with Gasteiger partial charge in [0, 0.05) is 11.9 Å². The van der Waals surface area contributed by atoms with Gasteiger partial charge in [0.1, 0.15) is 6.61 Å². The Morgan fingerprint density at radius 1 is 1.29 bits per heavy atom. The van der Waals surface area contributed by atoms with Gasteiger partial charge >= 0.3 is 6.09 Å². The van der Waals surface area contributed by atoms with Crippen molar-refractivity contribution in [2.75, 3.05) is 6.54 Å². The minimum absolute atomic E-state index is 0.0410. The van der Waals surface area contributed by atoms with E-state index in [1.807, 2.05) is 18.2 Å². The van der Waals surface area contributed by atoms with E-state index in [4.69, 9.17) is 4.74 Å². The Balaban J connectivity index is 1.64. The second-order valence-electron chi connectivity index (χ2n) is 6.02. The molecule has 2 aromatic rings. The van der Waals surface area contributed by atoms with Crippen LogP contribution in [-0.2, 0) is 25.7 Å². The molecule has 3 rings (SSSR count). The summed E-state index contributed by atoms with van der Waals surface area (Å²) in [7, 11) is 0. The van der Waals surface area contributed by atoms with Crippen LogP contribution in [0.15, 0.2) is 41.2 Å². The number of piperidine rings is 1. The molecule has 1 fully saturated rings. The fraction of sp³-hybridized carbons (Fsp3) is 0.278. The van der Waals surface area contributed by atoms with Gasteiger partial charge < -0.3 is 20.7 Å². The van der Waals surface area contributed by atoms with Crippen molar-refractivity contribution in [2.45, 2.75) is 25.1 Å². The highest BCUT2D eigenvalue weighted by Gasteiger charge is 2.34. The SMILES string of the molecule is O=C(NC(C(=O)NC1CCNC(=O)C1=O)c1cscn1)OCc1ccccc1. The highest BCUT2D eigenvalue weighted by molar-refractivity contribution is 7.07. The zero-order chi connectivity index (χ0) is 19.9. The van der Waals surface area contributed by atoms with Crippen LogP contribution in [0.2, 0.25) is 0 Å². The normalized spacial score (nSPS) is 17.4. The third-order valence-corrected chi connectivity index (χ3v) is 4.66. The van der Waals surface area contributed by atoms with Crippen LogP contribution in [-0.4, -0.2) is 41.3 Å². The number of alkyl carbamates (subject to hydrolysis) is 1. The maximum atomic E-state index is 12.7. The molecule has 2 unspecified atom stereocenters. The summed E-state index contributed by atoms with van der Waals surface area (Å²) < 4.78 is 5.15. The molecular weight excluding hydrogens is 384 g/mol. The average molecular weight is 402 g/mol. The van der Waals surface area contributed by atoms with Crippen molar-refractivity contribution in [3.8, 4) is 0 Å². The second-order valence-corrected chi connectivity index (χ2v) is 6.74. The van der Waals surface area contributed by atoms with Gasteiger partial charge in [0.2, 0.25) is 11.7 Å². The number of amides is 3. The molecule has 10 heteroatoms. The summed E-state index contributed by atoms with van der Waals surface area (Å²) in [6.07, 6.45) is -0.525. The van der Waals surface area contributed by atoms with Crippen LogP contribution in [0.25, 0.3) is 0 Å². The van der Waals surface area contributed by atoms with Crippen molar-refractivity contribution in [3.05, 3.63) is 52.5 Å². The number of aromatic nitrogens is 1. The third-order valence-electron chi connectivity index (χ3n) is 4.06. The van der Waals surface area contributed by atoms with Crippen LogP contribution in [0.4, 0.5) is 4.79 Å². The summed E-state index contributed by atoms with van der Waals surface area (Å²) in [5.41, 5.74) is 2.63. The van der Waals surface area contributed by atoms with Gasteiger partial charge in [0.25, 0.3) is 5.91 Å². The van der Waals surface area contributed by atoms with Crippen molar-refractivity contribution in [3.63, 3.8) is 0 Å². The predicted octanol–water partition coefficient (Wildman–Crippen LogP) is 0.684. The number of thiazole rings is 1. The number of hydrogen-bond acceptors (Lipinski definition) is 7. The molecule has 0 saturated carbocycles. The lowest BCUT2D eigenvalue weighted by Gasteiger charge is -2.24. The highest BCUT2D eigenvalue weighted by atomic mass is 32.1. The number of benzene rings is 1. The number of Topliss-reactive ketones (excluding diaryl/α,β-unsaturated/α-hetero) is 1. The molecule has 1 aliphatic rings. The van der Waals surface area contributed by atoms with Gasteiger partial charge in [0.05, 0.1) is 17.2 Å². The lowest BCUT2D eigenvalue weighted by atomic mass is 10.0. The van der Waals surface area contributed by atoms with E-state index in [9.17, 15) is 19.2 Å². The molecule has 1 saturated heterocycles. The predicted molar refractivity (Wildman–Crippen MR) is 99.2 cm³/mol. The first-order valence-electron chi connectivity index (χ1n) is 8.52. The minimum Gasteiger partial charge on any atom is -0.445 e. The summed E-state index contributed by atoms with van der Waals surface area (Å²) in [6, 6.07) is 7.00. The number of carbonyl (C=O) groups is 4. The van der Waals surface area contributed by atoms with Gasteiger partial charge in [-0.05, 0) is 12.0 Å². The lowest BCUT2D eigenvalue weighted by molar-refractivity contribution is -0.141. The molecule has 0 spiro atoms. The third kappa shape index (κ3) is 4.92. The maximum absolute atomic E-state index is 12.7. The first kappa shape index (κ1) is 19.5. The van der Waals surface area contributed by atoms with Crippen LogP contribution in [0.1, 0.15) is 23.7 Å². The Morgan fingerprint density at radius 3 is 2.79 bits per heavy atom. The summed E-state index contributed by atoms with van der Waals surface area (Å²) in [4.78, 5) is 52.3. The molecule has 9 nitrogen and oxygen atoms in total. The molecule has 1 aliphatic heterocycles. The molecular formula is C18H18N4O5S. The molecule has 0 radical (unpaired) electrons. The minimum atomic E-state index is -1.15. The Kier molecular flexibility index (Phi) is 6.33. The second kappa shape index (κ2) is 9.09. The van der Waals surface area contributed by atoms with Gasteiger partial charge in [0.15, 0.2) is 6.04 Å². The van der Waals surface area contributed by atoms with Gasteiger partial charge in [-0.25, -0.2) is 9.78 Å². The Bertz CT molecular complexity index is 856. The molecule has 2 heterocycles. The molecule has 146 valence electrons. The lowest BCUT2D eigenvalue weighted by Crippen LogP contribution is -2.55. The monoisotopic (exact) mass is 402 g/mol. The van der Waals surface area contributed by atoms with Crippen LogP contribution in [0.5, 0.6) is 0 Å². The largest absolute Gasteiger partial charge is 0.445 e. The maximum Gasteiger partial charge on any atom is 0.408 e. The number of nitrogens with zero attached hydrogens (tertiary/aromatic N) is 1. The van der Waals surface area contributed by atoms with Crippen LogP contribution in [0.3, 0.4) is 0 Å². The summed E-state index contributed by atoms with van der Waals surface area (Å²) in [5.74, 6) is -2.10. The first-order chi connectivity index (χ1) is 13.5. The molecule has 2 atom stereocenters. The number of ether oxygens (including phenoxy) is 1. The van der Waals surface area contributed by atoms with Crippen molar-refractivity contribution < 1.29 is 23.9 Å². The Labute approximate surface area is 164 Å². The highest BCUT2D eigenvalue weighted by Crippen LogP contribution is 2.15. The van der Waals surface area contributed by atoms with E-state index in [-0.39, 0.29) is 19.6 Å². The van der Waals surface area contributed by atoms with Crippen molar-refractivity contribution in [1.29, 1.82) is 0 Å². The van der Waals surface area contributed by atoms with E-state index in [1.54, 1.807) is 17.5 Å². The first-order valence-corrected chi connectivity index (χ1v) is 9.46. The Hall–Kier alpha value is -3.27. The molecule has 1 aromatic carbocycles. The van der Waals surface area contributed by atoms with Gasteiger partial charge in [-0.1, -0.05) is 30.3 Å². The topological polar surface area (TPSA) is 126 Å². The van der Waals surface area contributed by atoms with Crippen LogP contribution in [0, 0.1) is 0 Å². The van der Waals surface area contributed by atoms with E-state index in [0.717, 1.165) is 5.56 Å². The van der Waals surface area contributed by atoms with Gasteiger partial charge in [-0.15, -0.1) is 11.3 Å². The fourth-order valence-electron chi connectivity index (χ4n) is 2.62. The number of nitrogens with one attached hydrogen (secondary N) is 3. The smallest absolute Gasteiger partial charge is 0.408 e. The van der Waals surface area contributed by atoms with E-state index in [0.29, 0.717) is 5.69 Å². The summed E-state index contributed by atoms with van der Waals surface area (Å²) in [5, 5.41) is 9.00. The van der Waals surface area contributed by atoms with E-state index in [2.05, 4.69) is 20.9 Å². The molecule has 3 amide bonds. The van der Waals surface area contributed by atoms with E-state index >= 15 is 0 Å². The molecule has 28 heavy (non-hydrogen) atoms. The van der Waals surface area contributed by atoms with E-state index in [1.165, 1.54) is 16.8 Å². The van der Waals surface area contributed by atoms with Crippen molar-refractivity contribution in [1.82, 2.24) is 20.9 Å². The standard InChI is InChI=1S/C18H18N4O5S/c23-15-12(6-7-19-17(15)25)21-16(24)14(13-9-28-10-20-13)22-18(26)27-8-11-4-2-1-3-5-11/h1-5,9-10,12,14H,6-8H2,(H,19,25)(H,21,24)(H,22,26). The van der Waals surface area contributed by atoms with Gasteiger partial charge in [-0.2, -0.15) is 0 Å². The van der Waals surface area contributed by atoms with Gasteiger partial charge in [-0.3, -0.25) is 14.4 Å². The van der Waals surface area contributed by atoms with Crippen molar-refractivity contribution in [2.24, 2.45) is 0 Å². The average Bonchev–Trinajstić information content (AvgIpc) is 3.23. The van der Waals surface area contributed by atoms with Crippen molar-refractivity contribution >= 4 is 35.0 Å². The molecule has 1 aromatic heterocycles. The molecule has 3 N–H and O–H groups in total. The summed E-state index contributed by atoms with van der Waals surface area (Å²) in [6.45, 7) is 0.322. The van der Waals surface area contributed by atoms with E-state index < -0.39 is 35.8 Å². The Morgan fingerprint density at radius 2 is 2.07 bits per heavy atom. The van der Waals surface area contributed by atoms with Crippen LogP contribution >= 0.6 is 11.3 Å². The quantitative estimate of drug-likeness (QED) is 0.610. The molecule has 0 bridgehead atoms. The number of carbonyl (C=O) groups excluding carboxylic acids is 4. The van der Waals surface area contributed by atoms with Crippen LogP contribution < -0.4 is 16.0 Å². The number of ketones is 1. The summed E-state index contributed by atoms with van der Waals surface area (Å²) >= 11 is 1.26. The zero-order valence-electron chi connectivity index (χ0n) is 14.7. The fourth-order valence-corrected chi connectivity index (χ4v) is 3.20. The zero-order valence-corrected chi connectivity index (χ0v) is 15.5. The number of rotatable bonds is 6. The molecule has 0 aliphatic carbocycles.